The van der Waals surface area contributed by atoms with Gasteiger partial charge in [-0.25, -0.2) is 4.39 Å². The van der Waals surface area contributed by atoms with Crippen molar-refractivity contribution in [3.63, 3.8) is 0 Å². The summed E-state index contributed by atoms with van der Waals surface area (Å²) >= 11 is 0. The van der Waals surface area contributed by atoms with E-state index in [1.165, 1.54) is 12.1 Å². The van der Waals surface area contributed by atoms with Gasteiger partial charge in [0.15, 0.2) is 5.60 Å². The Balaban J connectivity index is 2.73. The third-order valence-electron chi connectivity index (χ3n) is 3.54. The molecule has 1 atom stereocenters. The van der Waals surface area contributed by atoms with E-state index in [1.54, 1.807) is 6.92 Å². The topological polar surface area (TPSA) is 20.2 Å². The summed E-state index contributed by atoms with van der Waals surface area (Å²) in [5, 5.41) is 10.4. The van der Waals surface area contributed by atoms with E-state index < -0.39 is 34.6 Å². The van der Waals surface area contributed by atoms with Crippen molar-refractivity contribution in [2.75, 3.05) is 0 Å². The van der Waals surface area contributed by atoms with Gasteiger partial charge in [-0.2, -0.15) is 22.0 Å². The SMILES string of the molecule is Cc1ccc(C(O)(c2ccc(F)cc2)C(F)(F)C(F)(F)F)cc1. The fourth-order valence-corrected chi connectivity index (χ4v) is 2.22. The van der Waals surface area contributed by atoms with Crippen LogP contribution in [-0.4, -0.2) is 17.2 Å². The van der Waals surface area contributed by atoms with E-state index in [0.29, 0.717) is 29.8 Å². The molecule has 0 fully saturated rings. The Morgan fingerprint density at radius 2 is 1.13 bits per heavy atom. The molecule has 0 saturated carbocycles. The average molecular weight is 334 g/mol. The van der Waals surface area contributed by atoms with Gasteiger partial charge in [-0.05, 0) is 30.2 Å². The minimum Gasteiger partial charge on any atom is -0.374 e. The molecule has 7 heteroatoms. The molecule has 0 aromatic heterocycles. The van der Waals surface area contributed by atoms with Gasteiger partial charge in [-0.3, -0.25) is 0 Å². The number of benzene rings is 2. The van der Waals surface area contributed by atoms with Gasteiger partial charge in [0.25, 0.3) is 0 Å². The maximum Gasteiger partial charge on any atom is 0.457 e. The molecule has 0 aliphatic heterocycles. The molecule has 2 rings (SSSR count). The standard InChI is InChI=1S/C16H12F6O/c1-10-2-4-11(5-3-10)14(23,15(18,19)16(20,21)22)12-6-8-13(17)9-7-12/h2-9,23H,1H3. The second-order valence-corrected chi connectivity index (χ2v) is 5.16. The third kappa shape index (κ3) is 2.81. The highest BCUT2D eigenvalue weighted by Crippen LogP contribution is 2.51. The Labute approximate surface area is 128 Å². The van der Waals surface area contributed by atoms with E-state index in [9.17, 15) is 31.4 Å². The zero-order chi connectivity index (χ0) is 17.5. The summed E-state index contributed by atoms with van der Waals surface area (Å²) in [5.74, 6) is -6.30. The number of rotatable bonds is 3. The van der Waals surface area contributed by atoms with Gasteiger partial charge in [0.1, 0.15) is 5.82 Å². The van der Waals surface area contributed by atoms with Crippen molar-refractivity contribution in [3.8, 4) is 0 Å². The molecule has 1 unspecified atom stereocenters. The lowest BCUT2D eigenvalue weighted by Crippen LogP contribution is -2.55. The molecule has 2 aromatic rings. The first-order chi connectivity index (χ1) is 10.5. The summed E-state index contributed by atoms with van der Waals surface area (Å²) in [6.45, 7) is 1.61. The maximum absolute atomic E-state index is 14.1. The molecular formula is C16H12F6O. The van der Waals surface area contributed by atoms with Crippen molar-refractivity contribution >= 4 is 0 Å². The average Bonchev–Trinajstić information content (AvgIpc) is 2.46. The fraction of sp³-hybridized carbons (Fsp3) is 0.250. The van der Waals surface area contributed by atoms with Crippen LogP contribution < -0.4 is 0 Å². The molecule has 0 radical (unpaired) electrons. The molecule has 0 aliphatic carbocycles. The monoisotopic (exact) mass is 334 g/mol. The quantitative estimate of drug-likeness (QED) is 0.816. The summed E-state index contributed by atoms with van der Waals surface area (Å²) in [5.41, 5.74) is -4.46. The van der Waals surface area contributed by atoms with E-state index in [2.05, 4.69) is 0 Å². The number of alkyl halides is 5. The van der Waals surface area contributed by atoms with Crippen molar-refractivity contribution in [2.45, 2.75) is 24.6 Å². The Bertz CT molecular complexity index is 628. The Morgan fingerprint density at radius 3 is 1.52 bits per heavy atom. The molecule has 124 valence electrons. The maximum atomic E-state index is 14.1. The minimum absolute atomic E-state index is 0.616. The van der Waals surface area contributed by atoms with Crippen molar-refractivity contribution < 1.29 is 31.4 Å². The van der Waals surface area contributed by atoms with Crippen LogP contribution in [0.4, 0.5) is 26.3 Å². The van der Waals surface area contributed by atoms with Crippen LogP contribution in [0.1, 0.15) is 16.7 Å². The van der Waals surface area contributed by atoms with Gasteiger partial charge >= 0.3 is 12.1 Å². The second-order valence-electron chi connectivity index (χ2n) is 5.16. The summed E-state index contributed by atoms with van der Waals surface area (Å²) in [7, 11) is 0. The number of aliphatic hydroxyl groups is 1. The van der Waals surface area contributed by atoms with Gasteiger partial charge in [-0.1, -0.05) is 42.0 Å². The van der Waals surface area contributed by atoms with Crippen molar-refractivity contribution in [1.82, 2.24) is 0 Å². The molecule has 0 aliphatic rings. The van der Waals surface area contributed by atoms with Crippen molar-refractivity contribution in [2.24, 2.45) is 0 Å². The summed E-state index contributed by atoms with van der Waals surface area (Å²) in [6.07, 6.45) is -6.00. The van der Waals surface area contributed by atoms with E-state index in [0.717, 1.165) is 12.1 Å². The first-order valence-electron chi connectivity index (χ1n) is 6.50. The van der Waals surface area contributed by atoms with Crippen LogP contribution in [0.25, 0.3) is 0 Å². The lowest BCUT2D eigenvalue weighted by Gasteiger charge is -2.37. The number of hydrogen-bond acceptors (Lipinski definition) is 1. The fourth-order valence-electron chi connectivity index (χ4n) is 2.22. The predicted molar refractivity (Wildman–Crippen MR) is 71.6 cm³/mol. The smallest absolute Gasteiger partial charge is 0.374 e. The molecular weight excluding hydrogens is 322 g/mol. The summed E-state index contributed by atoms with van der Waals surface area (Å²) < 4.78 is 79.8. The highest BCUT2D eigenvalue weighted by Gasteiger charge is 2.71. The van der Waals surface area contributed by atoms with E-state index in [1.807, 2.05) is 0 Å². The zero-order valence-corrected chi connectivity index (χ0v) is 11.8. The van der Waals surface area contributed by atoms with Crippen LogP contribution in [-0.2, 0) is 5.60 Å². The van der Waals surface area contributed by atoms with Gasteiger partial charge in [0.05, 0.1) is 0 Å². The van der Waals surface area contributed by atoms with Gasteiger partial charge in [0, 0.05) is 0 Å². The molecule has 23 heavy (non-hydrogen) atoms. The first-order valence-corrected chi connectivity index (χ1v) is 6.50. The molecule has 2 aromatic carbocycles. The van der Waals surface area contributed by atoms with E-state index >= 15 is 0 Å². The van der Waals surface area contributed by atoms with Crippen LogP contribution in [0, 0.1) is 12.7 Å². The summed E-state index contributed by atoms with van der Waals surface area (Å²) in [6, 6.07) is 7.40. The van der Waals surface area contributed by atoms with Crippen LogP contribution in [0.5, 0.6) is 0 Å². The van der Waals surface area contributed by atoms with Crippen LogP contribution in [0.2, 0.25) is 0 Å². The number of hydrogen-bond donors (Lipinski definition) is 1. The molecule has 0 amide bonds. The zero-order valence-electron chi connectivity index (χ0n) is 11.8. The molecule has 1 N–H and O–H groups in total. The molecule has 0 bridgehead atoms. The number of aryl methyl sites for hydroxylation is 1. The normalized spacial score (nSPS) is 15.3. The molecule has 0 saturated heterocycles. The minimum atomic E-state index is -6.00. The van der Waals surface area contributed by atoms with Crippen LogP contribution in [0.15, 0.2) is 48.5 Å². The van der Waals surface area contributed by atoms with Crippen molar-refractivity contribution in [1.29, 1.82) is 0 Å². The van der Waals surface area contributed by atoms with Gasteiger partial charge in [0.2, 0.25) is 0 Å². The Morgan fingerprint density at radius 1 is 0.739 bits per heavy atom. The lowest BCUT2D eigenvalue weighted by molar-refractivity contribution is -0.336. The van der Waals surface area contributed by atoms with Gasteiger partial charge < -0.3 is 5.11 Å². The molecule has 1 nitrogen and oxygen atoms in total. The van der Waals surface area contributed by atoms with Crippen LogP contribution in [0.3, 0.4) is 0 Å². The number of halogens is 6. The lowest BCUT2D eigenvalue weighted by atomic mass is 9.80. The first kappa shape index (κ1) is 17.3. The largest absolute Gasteiger partial charge is 0.457 e. The highest BCUT2D eigenvalue weighted by molar-refractivity contribution is 5.40. The third-order valence-corrected chi connectivity index (χ3v) is 3.54. The second kappa shape index (κ2) is 5.56. The van der Waals surface area contributed by atoms with Gasteiger partial charge in [-0.15, -0.1) is 0 Å². The Hall–Kier alpha value is -2.02. The molecule has 0 heterocycles. The van der Waals surface area contributed by atoms with E-state index in [4.69, 9.17) is 0 Å². The summed E-state index contributed by atoms with van der Waals surface area (Å²) in [4.78, 5) is 0. The Kier molecular flexibility index (Phi) is 4.19. The predicted octanol–water partition coefficient (Wildman–Crippen LogP) is 4.57. The van der Waals surface area contributed by atoms with Crippen LogP contribution >= 0.6 is 0 Å². The van der Waals surface area contributed by atoms with Crippen molar-refractivity contribution in [3.05, 3.63) is 71.0 Å². The molecule has 0 spiro atoms. The van der Waals surface area contributed by atoms with E-state index in [-0.39, 0.29) is 0 Å². The highest BCUT2D eigenvalue weighted by atomic mass is 19.4.